The summed E-state index contributed by atoms with van der Waals surface area (Å²) in [7, 11) is 4.69. The van der Waals surface area contributed by atoms with Gasteiger partial charge in [0.2, 0.25) is 0 Å². The minimum absolute atomic E-state index is 0.0663. The van der Waals surface area contributed by atoms with Crippen molar-refractivity contribution in [2.45, 2.75) is 0 Å². The number of ether oxygens (including phenoxy) is 4. The maximum absolute atomic E-state index is 15.0. The van der Waals surface area contributed by atoms with Crippen LogP contribution in [0.4, 0.5) is 14.5 Å². The van der Waals surface area contributed by atoms with Crippen LogP contribution in [0.3, 0.4) is 0 Å². The van der Waals surface area contributed by atoms with Crippen molar-refractivity contribution in [3.63, 3.8) is 0 Å². The summed E-state index contributed by atoms with van der Waals surface area (Å²) in [4.78, 5) is 20.7. The molecular weight excluding hydrogens is 486 g/mol. The molecule has 9 nitrogen and oxygen atoms in total. The maximum Gasteiger partial charge on any atom is 0.261 e. The van der Waals surface area contributed by atoms with Crippen molar-refractivity contribution in [1.29, 1.82) is 0 Å². The number of likely N-dealkylation sites (N-methyl/N-ethyl adjacent to an activating group) is 1. The molecule has 37 heavy (non-hydrogen) atoms. The number of benzene rings is 2. The van der Waals surface area contributed by atoms with Gasteiger partial charge >= 0.3 is 0 Å². The molecule has 1 amide bonds. The van der Waals surface area contributed by atoms with Crippen LogP contribution in [0.15, 0.2) is 55.0 Å². The molecule has 4 rings (SSSR count). The lowest BCUT2D eigenvalue weighted by Gasteiger charge is -2.15. The molecule has 0 saturated carbocycles. The number of hydrogen-bond acceptors (Lipinski definition) is 8. The Labute approximate surface area is 211 Å². The highest BCUT2D eigenvalue weighted by molar-refractivity contribution is 6.06. The molecule has 0 unspecified atom stereocenters. The van der Waals surface area contributed by atoms with Crippen LogP contribution in [0.5, 0.6) is 28.7 Å². The lowest BCUT2D eigenvalue weighted by atomic mass is 10.1. The van der Waals surface area contributed by atoms with E-state index < -0.39 is 17.5 Å². The Bertz CT molecular complexity index is 1430. The second kappa shape index (κ2) is 11.5. The van der Waals surface area contributed by atoms with Gasteiger partial charge in [-0.05, 0) is 25.2 Å². The highest BCUT2D eigenvalue weighted by atomic mass is 19.1. The van der Waals surface area contributed by atoms with Gasteiger partial charge in [-0.15, -0.1) is 0 Å². The van der Waals surface area contributed by atoms with Crippen LogP contribution in [-0.2, 0) is 0 Å². The number of pyridine rings is 2. The summed E-state index contributed by atoms with van der Waals surface area (Å²) in [5.41, 5.74) is 0.204. The van der Waals surface area contributed by atoms with Crippen LogP contribution in [0.25, 0.3) is 10.9 Å². The molecule has 2 aromatic heterocycles. The van der Waals surface area contributed by atoms with Crippen LogP contribution < -0.4 is 29.6 Å². The molecule has 0 aliphatic heterocycles. The number of carbonyl (C=O) groups excluding carboxylic acids is 1. The van der Waals surface area contributed by atoms with Crippen molar-refractivity contribution in [3.05, 3.63) is 72.2 Å². The zero-order valence-corrected chi connectivity index (χ0v) is 20.3. The van der Waals surface area contributed by atoms with Crippen molar-refractivity contribution in [3.8, 4) is 28.7 Å². The fraction of sp³-hybridized carbons (Fsp3) is 0.192. The fourth-order valence-corrected chi connectivity index (χ4v) is 3.49. The third-order valence-electron chi connectivity index (χ3n) is 5.33. The number of methoxy groups -OCH3 is 2. The second-order valence-corrected chi connectivity index (χ2v) is 7.68. The number of halogens is 2. The first kappa shape index (κ1) is 25.6. The number of anilines is 1. The highest BCUT2D eigenvalue weighted by Gasteiger charge is 2.19. The molecule has 0 aliphatic rings. The molecule has 0 radical (unpaired) electrons. The Morgan fingerprint density at radius 3 is 2.46 bits per heavy atom. The van der Waals surface area contributed by atoms with Gasteiger partial charge < -0.3 is 29.6 Å². The number of aromatic nitrogens is 2. The van der Waals surface area contributed by atoms with E-state index in [1.54, 1.807) is 12.1 Å². The molecule has 2 heterocycles. The average molecular weight is 510 g/mol. The number of hydrogen-bond donors (Lipinski definition) is 2. The summed E-state index contributed by atoms with van der Waals surface area (Å²) >= 11 is 0. The predicted octanol–water partition coefficient (Wildman–Crippen LogP) is 4.57. The number of rotatable bonds is 10. The molecule has 192 valence electrons. The molecule has 2 aromatic carbocycles. The number of nitrogens with zero attached hydrogens (tertiary/aromatic N) is 2. The summed E-state index contributed by atoms with van der Waals surface area (Å²) in [5.74, 6) is -1.51. The van der Waals surface area contributed by atoms with Crippen LogP contribution in [-0.4, -0.2) is 50.3 Å². The monoisotopic (exact) mass is 510 g/mol. The topological polar surface area (TPSA) is 104 Å². The van der Waals surface area contributed by atoms with E-state index in [2.05, 4.69) is 20.6 Å². The van der Waals surface area contributed by atoms with Gasteiger partial charge in [0, 0.05) is 48.7 Å². The normalized spacial score (nSPS) is 10.7. The summed E-state index contributed by atoms with van der Waals surface area (Å²) in [6.07, 6.45) is 4.18. The third kappa shape index (κ3) is 5.67. The maximum atomic E-state index is 15.0. The molecular formula is C26H24F2N4O5. The predicted molar refractivity (Wildman–Crippen MR) is 133 cm³/mol. The van der Waals surface area contributed by atoms with Crippen LogP contribution >= 0.6 is 0 Å². The summed E-state index contributed by atoms with van der Waals surface area (Å²) in [6.45, 7) is 1.05. The Morgan fingerprint density at radius 2 is 1.70 bits per heavy atom. The zero-order chi connectivity index (χ0) is 26.4. The van der Waals surface area contributed by atoms with Gasteiger partial charge in [0.05, 0.1) is 31.0 Å². The van der Waals surface area contributed by atoms with Crippen molar-refractivity contribution >= 4 is 22.5 Å². The average Bonchev–Trinajstić information content (AvgIpc) is 2.91. The van der Waals surface area contributed by atoms with E-state index in [1.807, 2.05) is 7.05 Å². The van der Waals surface area contributed by atoms with Crippen molar-refractivity contribution in [2.75, 3.05) is 39.7 Å². The summed E-state index contributed by atoms with van der Waals surface area (Å²) < 4.78 is 51.8. The van der Waals surface area contributed by atoms with E-state index in [0.29, 0.717) is 35.6 Å². The number of carbonyl (C=O) groups is 1. The quantitative estimate of drug-likeness (QED) is 0.299. The summed E-state index contributed by atoms with van der Waals surface area (Å²) in [6, 6.07) is 8.02. The highest BCUT2D eigenvalue weighted by Crippen LogP contribution is 2.38. The first-order valence-corrected chi connectivity index (χ1v) is 11.2. The minimum Gasteiger partial charge on any atom is -0.496 e. The molecule has 0 aliphatic carbocycles. The van der Waals surface area contributed by atoms with Gasteiger partial charge in [-0.3, -0.25) is 14.8 Å². The molecule has 11 heteroatoms. The van der Waals surface area contributed by atoms with Crippen LogP contribution in [0, 0.1) is 11.6 Å². The summed E-state index contributed by atoms with van der Waals surface area (Å²) in [5, 5.41) is 5.82. The van der Waals surface area contributed by atoms with Gasteiger partial charge in [0.15, 0.2) is 28.9 Å². The number of amides is 1. The van der Waals surface area contributed by atoms with E-state index in [0.717, 1.165) is 12.1 Å². The number of fused-ring (bicyclic) bond motifs is 1. The number of nitrogens with one attached hydrogen (secondary N) is 2. The van der Waals surface area contributed by atoms with E-state index >= 15 is 0 Å². The minimum atomic E-state index is -0.899. The van der Waals surface area contributed by atoms with E-state index in [4.69, 9.17) is 18.9 Å². The Hall–Kier alpha value is -4.51. The fourth-order valence-electron chi connectivity index (χ4n) is 3.49. The lowest BCUT2D eigenvalue weighted by molar-refractivity contribution is 0.102. The Balaban J connectivity index is 1.60. The Kier molecular flexibility index (Phi) is 7.94. The zero-order valence-electron chi connectivity index (χ0n) is 20.3. The SMILES string of the molecule is CNCCOc1cc2nccc(Oc3cc(F)c(NC(=O)c4cnccc4OC)cc3F)c2cc1OC. The van der Waals surface area contributed by atoms with Gasteiger partial charge in [-0.2, -0.15) is 0 Å². The van der Waals surface area contributed by atoms with Crippen molar-refractivity contribution in [1.82, 2.24) is 15.3 Å². The largest absolute Gasteiger partial charge is 0.496 e. The molecule has 0 spiro atoms. The molecule has 0 fully saturated rings. The van der Waals surface area contributed by atoms with Gasteiger partial charge in [0.1, 0.15) is 18.1 Å². The van der Waals surface area contributed by atoms with Crippen LogP contribution in [0.2, 0.25) is 0 Å². The molecule has 0 atom stereocenters. The van der Waals surface area contributed by atoms with Crippen molar-refractivity contribution in [2.24, 2.45) is 0 Å². The van der Waals surface area contributed by atoms with Gasteiger partial charge in [-0.25, -0.2) is 8.78 Å². The second-order valence-electron chi connectivity index (χ2n) is 7.68. The van der Waals surface area contributed by atoms with Crippen LogP contribution in [0.1, 0.15) is 10.4 Å². The van der Waals surface area contributed by atoms with Gasteiger partial charge in [-0.1, -0.05) is 0 Å². The standard InChI is InChI=1S/C26H24F2N4O5/c1-29-8-9-36-25-13-19-15(10-24(25)35-3)22(5-7-31-19)37-23-12-17(27)20(11-18(23)28)32-26(33)16-14-30-6-4-21(16)34-2/h4-7,10-14,29H,8-9H2,1-3H3,(H,32,33). The Morgan fingerprint density at radius 1 is 0.919 bits per heavy atom. The van der Waals surface area contributed by atoms with E-state index in [-0.39, 0.29) is 28.5 Å². The molecule has 4 aromatic rings. The third-order valence-corrected chi connectivity index (χ3v) is 5.33. The van der Waals surface area contributed by atoms with E-state index in [9.17, 15) is 13.6 Å². The van der Waals surface area contributed by atoms with Crippen molar-refractivity contribution < 1.29 is 32.5 Å². The smallest absolute Gasteiger partial charge is 0.261 e. The molecule has 0 bridgehead atoms. The first-order valence-electron chi connectivity index (χ1n) is 11.2. The lowest BCUT2D eigenvalue weighted by Crippen LogP contribution is -2.16. The molecule has 0 saturated heterocycles. The first-order chi connectivity index (χ1) is 17.9. The van der Waals surface area contributed by atoms with E-state index in [1.165, 1.54) is 44.9 Å². The molecule has 2 N–H and O–H groups in total. The van der Waals surface area contributed by atoms with Gasteiger partial charge in [0.25, 0.3) is 5.91 Å².